The molecule has 0 bridgehead atoms. The fraction of sp³-hybridized carbons (Fsp3) is 0.533. The summed E-state index contributed by atoms with van der Waals surface area (Å²) >= 11 is 0. The van der Waals surface area contributed by atoms with Crippen molar-refractivity contribution in [3.63, 3.8) is 0 Å². The highest BCUT2D eigenvalue weighted by Gasteiger charge is 2.21. The SMILES string of the molecule is CC1CN(CC(=O)Nc2ccc(CN)cc2)CCN1C. The quantitative estimate of drug-likeness (QED) is 0.850. The Labute approximate surface area is 120 Å². The molecule has 1 aliphatic rings. The first kappa shape index (κ1) is 15.0. The van der Waals surface area contributed by atoms with Crippen LogP contribution in [0.3, 0.4) is 0 Å². The molecule has 1 amide bonds. The zero-order valence-electron chi connectivity index (χ0n) is 12.3. The number of anilines is 1. The zero-order chi connectivity index (χ0) is 14.5. The van der Waals surface area contributed by atoms with Crippen molar-refractivity contribution in [3.05, 3.63) is 29.8 Å². The van der Waals surface area contributed by atoms with Gasteiger partial charge in [-0.05, 0) is 31.7 Å². The maximum Gasteiger partial charge on any atom is 0.238 e. The fourth-order valence-corrected chi connectivity index (χ4v) is 2.40. The monoisotopic (exact) mass is 276 g/mol. The van der Waals surface area contributed by atoms with E-state index in [4.69, 9.17) is 5.73 Å². The molecule has 0 saturated carbocycles. The molecule has 1 unspecified atom stereocenters. The highest BCUT2D eigenvalue weighted by molar-refractivity contribution is 5.92. The minimum absolute atomic E-state index is 0.0438. The van der Waals surface area contributed by atoms with Gasteiger partial charge in [0.2, 0.25) is 5.91 Å². The lowest BCUT2D eigenvalue weighted by Crippen LogP contribution is -2.51. The number of benzene rings is 1. The van der Waals surface area contributed by atoms with E-state index in [1.54, 1.807) is 0 Å². The third-order valence-electron chi connectivity index (χ3n) is 3.88. The van der Waals surface area contributed by atoms with E-state index in [0.29, 0.717) is 19.1 Å². The molecule has 0 radical (unpaired) electrons. The topological polar surface area (TPSA) is 61.6 Å². The number of carbonyl (C=O) groups is 1. The molecule has 1 heterocycles. The summed E-state index contributed by atoms with van der Waals surface area (Å²) in [5.41, 5.74) is 7.44. The van der Waals surface area contributed by atoms with E-state index in [9.17, 15) is 4.79 Å². The summed E-state index contributed by atoms with van der Waals surface area (Å²) < 4.78 is 0. The second kappa shape index (κ2) is 6.83. The molecule has 20 heavy (non-hydrogen) atoms. The van der Waals surface area contributed by atoms with Gasteiger partial charge in [0.1, 0.15) is 0 Å². The summed E-state index contributed by atoms with van der Waals surface area (Å²) in [7, 11) is 2.13. The van der Waals surface area contributed by atoms with Crippen LogP contribution in [0.2, 0.25) is 0 Å². The van der Waals surface area contributed by atoms with Gasteiger partial charge in [0, 0.05) is 37.9 Å². The van der Waals surface area contributed by atoms with Gasteiger partial charge in [-0.2, -0.15) is 0 Å². The van der Waals surface area contributed by atoms with Crippen LogP contribution in [0.1, 0.15) is 12.5 Å². The second-order valence-electron chi connectivity index (χ2n) is 5.51. The van der Waals surface area contributed by atoms with Crippen molar-refractivity contribution < 1.29 is 4.79 Å². The van der Waals surface area contributed by atoms with Crippen LogP contribution in [0, 0.1) is 0 Å². The average molecular weight is 276 g/mol. The van der Waals surface area contributed by atoms with E-state index in [1.165, 1.54) is 0 Å². The van der Waals surface area contributed by atoms with Crippen LogP contribution in [0.15, 0.2) is 24.3 Å². The predicted molar refractivity (Wildman–Crippen MR) is 81.5 cm³/mol. The van der Waals surface area contributed by atoms with E-state index in [-0.39, 0.29) is 5.91 Å². The standard InChI is InChI=1S/C15H24N4O/c1-12-10-19(8-7-18(12)2)11-15(20)17-14-5-3-13(9-16)4-6-14/h3-6,12H,7-11,16H2,1-2H3,(H,17,20). The zero-order valence-corrected chi connectivity index (χ0v) is 12.3. The summed E-state index contributed by atoms with van der Waals surface area (Å²) in [6.45, 7) is 6.07. The molecule has 1 aliphatic heterocycles. The third kappa shape index (κ3) is 4.03. The Bertz CT molecular complexity index is 446. The number of nitrogens with two attached hydrogens (primary N) is 1. The normalized spacial score (nSPS) is 20.9. The number of piperazine rings is 1. The summed E-state index contributed by atoms with van der Waals surface area (Å²) in [6, 6.07) is 8.17. The van der Waals surface area contributed by atoms with Crippen molar-refractivity contribution in [1.82, 2.24) is 9.80 Å². The highest BCUT2D eigenvalue weighted by Crippen LogP contribution is 2.10. The van der Waals surface area contributed by atoms with E-state index < -0.39 is 0 Å². The Morgan fingerprint density at radius 3 is 2.65 bits per heavy atom. The molecule has 5 nitrogen and oxygen atoms in total. The van der Waals surface area contributed by atoms with Gasteiger partial charge in [-0.3, -0.25) is 9.69 Å². The largest absolute Gasteiger partial charge is 0.326 e. The molecule has 5 heteroatoms. The highest BCUT2D eigenvalue weighted by atomic mass is 16.2. The maximum atomic E-state index is 12.0. The number of hydrogen-bond donors (Lipinski definition) is 2. The predicted octanol–water partition coefficient (Wildman–Crippen LogP) is 0.720. The molecule has 2 rings (SSSR count). The average Bonchev–Trinajstić information content (AvgIpc) is 2.44. The van der Waals surface area contributed by atoms with Crippen LogP contribution in [0.4, 0.5) is 5.69 Å². The van der Waals surface area contributed by atoms with Gasteiger partial charge < -0.3 is 16.0 Å². The van der Waals surface area contributed by atoms with Crippen molar-refractivity contribution >= 4 is 11.6 Å². The molecule has 0 spiro atoms. The molecule has 1 aromatic carbocycles. The molecule has 1 atom stereocenters. The van der Waals surface area contributed by atoms with Crippen molar-refractivity contribution in [2.75, 3.05) is 38.5 Å². The van der Waals surface area contributed by atoms with E-state index >= 15 is 0 Å². The van der Waals surface area contributed by atoms with Gasteiger partial charge in [0.15, 0.2) is 0 Å². The van der Waals surface area contributed by atoms with Crippen molar-refractivity contribution in [3.8, 4) is 0 Å². The van der Waals surface area contributed by atoms with Crippen LogP contribution < -0.4 is 11.1 Å². The molecule has 3 N–H and O–H groups in total. The minimum atomic E-state index is 0.0438. The Morgan fingerprint density at radius 1 is 1.35 bits per heavy atom. The molecule has 0 aromatic heterocycles. The molecule has 0 aliphatic carbocycles. The fourth-order valence-electron chi connectivity index (χ4n) is 2.40. The van der Waals surface area contributed by atoms with E-state index in [1.807, 2.05) is 24.3 Å². The Hall–Kier alpha value is -1.43. The summed E-state index contributed by atoms with van der Waals surface area (Å²) in [6.07, 6.45) is 0. The minimum Gasteiger partial charge on any atom is -0.326 e. The first-order valence-corrected chi connectivity index (χ1v) is 7.10. The van der Waals surface area contributed by atoms with Gasteiger partial charge >= 0.3 is 0 Å². The number of amides is 1. The molecule has 1 fully saturated rings. The summed E-state index contributed by atoms with van der Waals surface area (Å²) in [5.74, 6) is 0.0438. The van der Waals surface area contributed by atoms with Gasteiger partial charge in [-0.1, -0.05) is 12.1 Å². The number of rotatable bonds is 4. The molecular formula is C15H24N4O. The molecule has 110 valence electrons. The number of nitrogens with one attached hydrogen (secondary N) is 1. The first-order valence-electron chi connectivity index (χ1n) is 7.10. The van der Waals surface area contributed by atoms with Crippen LogP contribution in [0.5, 0.6) is 0 Å². The van der Waals surface area contributed by atoms with Crippen LogP contribution in [-0.4, -0.2) is 55.0 Å². The number of carbonyl (C=O) groups excluding carboxylic acids is 1. The first-order chi connectivity index (χ1) is 9.58. The summed E-state index contributed by atoms with van der Waals surface area (Å²) in [5, 5.41) is 2.93. The second-order valence-corrected chi connectivity index (χ2v) is 5.51. The number of likely N-dealkylation sites (N-methyl/N-ethyl adjacent to an activating group) is 1. The van der Waals surface area contributed by atoms with Gasteiger partial charge in [0.05, 0.1) is 6.54 Å². The Kier molecular flexibility index (Phi) is 5.11. The third-order valence-corrected chi connectivity index (χ3v) is 3.88. The lowest BCUT2D eigenvalue weighted by molar-refractivity contribution is -0.117. The smallest absolute Gasteiger partial charge is 0.238 e. The van der Waals surface area contributed by atoms with Crippen LogP contribution in [-0.2, 0) is 11.3 Å². The van der Waals surface area contributed by atoms with Gasteiger partial charge in [-0.15, -0.1) is 0 Å². The van der Waals surface area contributed by atoms with E-state index in [0.717, 1.165) is 30.9 Å². The van der Waals surface area contributed by atoms with Crippen molar-refractivity contribution in [2.24, 2.45) is 5.73 Å². The molecule has 1 aromatic rings. The number of hydrogen-bond acceptors (Lipinski definition) is 4. The molecular weight excluding hydrogens is 252 g/mol. The Morgan fingerprint density at radius 2 is 2.05 bits per heavy atom. The van der Waals surface area contributed by atoms with Crippen LogP contribution >= 0.6 is 0 Å². The van der Waals surface area contributed by atoms with Gasteiger partial charge in [-0.25, -0.2) is 0 Å². The van der Waals surface area contributed by atoms with E-state index in [2.05, 4.69) is 29.1 Å². The molecule has 1 saturated heterocycles. The van der Waals surface area contributed by atoms with Crippen molar-refractivity contribution in [1.29, 1.82) is 0 Å². The number of nitrogens with zero attached hydrogens (tertiary/aromatic N) is 2. The Balaban J connectivity index is 1.82. The van der Waals surface area contributed by atoms with Gasteiger partial charge in [0.25, 0.3) is 0 Å². The maximum absolute atomic E-state index is 12.0. The van der Waals surface area contributed by atoms with Crippen LogP contribution in [0.25, 0.3) is 0 Å². The summed E-state index contributed by atoms with van der Waals surface area (Å²) in [4.78, 5) is 16.6. The lowest BCUT2D eigenvalue weighted by Gasteiger charge is -2.37. The lowest BCUT2D eigenvalue weighted by atomic mass is 10.2. The van der Waals surface area contributed by atoms with Crippen molar-refractivity contribution in [2.45, 2.75) is 19.5 Å².